The molecule has 108 valence electrons. The Morgan fingerprint density at radius 2 is 2.10 bits per heavy atom. The molecule has 0 aliphatic carbocycles. The molecular formula is C16H23N3O. The van der Waals surface area contributed by atoms with E-state index in [-0.39, 0.29) is 12.5 Å². The monoisotopic (exact) mass is 273 g/mol. The Bertz CT molecular complexity index is 425. The van der Waals surface area contributed by atoms with Gasteiger partial charge in [-0.05, 0) is 25.5 Å². The molecule has 0 aromatic heterocycles. The minimum Gasteiger partial charge on any atom is -0.372 e. The molecule has 0 radical (unpaired) electrons. The summed E-state index contributed by atoms with van der Waals surface area (Å²) < 4.78 is 0. The van der Waals surface area contributed by atoms with Gasteiger partial charge in [-0.1, -0.05) is 24.1 Å². The van der Waals surface area contributed by atoms with Gasteiger partial charge in [0.15, 0.2) is 0 Å². The van der Waals surface area contributed by atoms with Crippen molar-refractivity contribution in [2.24, 2.45) is 0 Å². The van der Waals surface area contributed by atoms with Crippen molar-refractivity contribution in [2.45, 2.75) is 13.3 Å². The molecule has 0 saturated carbocycles. The predicted octanol–water partition coefficient (Wildman–Crippen LogP) is 1.24. The van der Waals surface area contributed by atoms with E-state index >= 15 is 0 Å². The Morgan fingerprint density at radius 3 is 2.75 bits per heavy atom. The van der Waals surface area contributed by atoms with Crippen LogP contribution in [0.5, 0.6) is 0 Å². The highest BCUT2D eigenvalue weighted by atomic mass is 16.1. The van der Waals surface area contributed by atoms with Crippen LogP contribution in [0.15, 0.2) is 30.3 Å². The number of nitrogens with one attached hydrogen (secondary N) is 2. The van der Waals surface area contributed by atoms with E-state index in [4.69, 9.17) is 6.42 Å². The molecule has 0 fully saturated rings. The number of terminal acetylenes is 1. The quantitative estimate of drug-likeness (QED) is 0.525. The molecule has 0 spiro atoms. The second-order valence-corrected chi connectivity index (χ2v) is 4.43. The van der Waals surface area contributed by atoms with Crippen LogP contribution >= 0.6 is 0 Å². The minimum atomic E-state index is -0.0111. The molecule has 0 aliphatic rings. The normalized spacial score (nSPS) is 9.80. The van der Waals surface area contributed by atoms with Gasteiger partial charge in [0.25, 0.3) is 0 Å². The largest absolute Gasteiger partial charge is 0.372 e. The first kappa shape index (κ1) is 16.1. The molecule has 1 amide bonds. The van der Waals surface area contributed by atoms with E-state index in [0.717, 1.165) is 19.5 Å². The van der Waals surface area contributed by atoms with E-state index in [1.54, 1.807) is 0 Å². The van der Waals surface area contributed by atoms with Gasteiger partial charge in [0.05, 0.1) is 13.1 Å². The van der Waals surface area contributed by atoms with Crippen molar-refractivity contribution in [2.75, 3.05) is 37.6 Å². The van der Waals surface area contributed by atoms with Gasteiger partial charge in [-0.2, -0.15) is 0 Å². The van der Waals surface area contributed by atoms with Crippen molar-refractivity contribution in [1.29, 1.82) is 0 Å². The molecule has 1 aromatic rings. The molecule has 1 aromatic carbocycles. The van der Waals surface area contributed by atoms with Crippen molar-refractivity contribution in [3.8, 4) is 12.3 Å². The fraction of sp³-hybridized carbons (Fsp3) is 0.438. The maximum Gasteiger partial charge on any atom is 0.233 e. The number of anilines is 1. The molecule has 0 aliphatic heterocycles. The molecule has 4 nitrogen and oxygen atoms in total. The van der Waals surface area contributed by atoms with Crippen LogP contribution < -0.4 is 15.5 Å². The summed E-state index contributed by atoms with van der Waals surface area (Å²) in [6.07, 6.45) is 6.01. The lowest BCUT2D eigenvalue weighted by molar-refractivity contribution is -0.120. The van der Waals surface area contributed by atoms with E-state index in [1.807, 2.05) is 18.2 Å². The number of carbonyl (C=O) groups excluding carboxylic acids is 1. The summed E-state index contributed by atoms with van der Waals surface area (Å²) in [6.45, 7) is 5.40. The Kier molecular flexibility index (Phi) is 7.93. The van der Waals surface area contributed by atoms with Crippen molar-refractivity contribution >= 4 is 11.6 Å². The fourth-order valence-corrected chi connectivity index (χ4v) is 1.92. The van der Waals surface area contributed by atoms with E-state index < -0.39 is 0 Å². The number of amides is 1. The van der Waals surface area contributed by atoms with Gasteiger partial charge in [-0.25, -0.2) is 0 Å². The standard InChI is InChI=1S/C16H23N3O/c1-3-11-17-14-16(20)18-12-8-13-19(4-2)15-9-6-5-7-10-15/h1,5-7,9-10,17H,4,8,11-14H2,2H3,(H,18,20). The van der Waals surface area contributed by atoms with Crippen molar-refractivity contribution < 1.29 is 4.79 Å². The molecule has 0 bridgehead atoms. The number of benzene rings is 1. The summed E-state index contributed by atoms with van der Waals surface area (Å²) in [4.78, 5) is 13.7. The second-order valence-electron chi connectivity index (χ2n) is 4.43. The van der Waals surface area contributed by atoms with Crippen LogP contribution in [0, 0.1) is 12.3 Å². The number of nitrogens with zero attached hydrogens (tertiary/aromatic N) is 1. The number of rotatable bonds is 9. The third-order valence-corrected chi connectivity index (χ3v) is 2.94. The van der Waals surface area contributed by atoms with Gasteiger partial charge in [0, 0.05) is 25.3 Å². The summed E-state index contributed by atoms with van der Waals surface area (Å²) in [6, 6.07) is 10.3. The molecule has 0 saturated heterocycles. The van der Waals surface area contributed by atoms with Crippen molar-refractivity contribution in [3.05, 3.63) is 30.3 Å². The SMILES string of the molecule is C#CCNCC(=O)NCCCN(CC)c1ccccc1. The molecular weight excluding hydrogens is 250 g/mol. The average molecular weight is 273 g/mol. The van der Waals surface area contributed by atoms with E-state index in [2.05, 4.69) is 40.5 Å². The number of hydrogen-bond donors (Lipinski definition) is 2. The average Bonchev–Trinajstić information content (AvgIpc) is 2.48. The molecule has 0 unspecified atom stereocenters. The van der Waals surface area contributed by atoms with Crippen molar-refractivity contribution in [3.63, 3.8) is 0 Å². The zero-order valence-corrected chi connectivity index (χ0v) is 12.1. The maximum absolute atomic E-state index is 11.4. The topological polar surface area (TPSA) is 44.4 Å². The summed E-state index contributed by atoms with van der Waals surface area (Å²) in [5.74, 6) is 2.42. The van der Waals surface area contributed by atoms with Gasteiger partial charge in [0.1, 0.15) is 0 Å². The minimum absolute atomic E-state index is 0.0111. The van der Waals surface area contributed by atoms with Crippen LogP contribution in [0.25, 0.3) is 0 Å². The Balaban J connectivity index is 2.19. The first-order valence-electron chi connectivity index (χ1n) is 6.98. The molecule has 0 heterocycles. The van der Waals surface area contributed by atoms with Crippen LogP contribution in [-0.4, -0.2) is 38.6 Å². The third kappa shape index (κ3) is 6.26. The Hall–Kier alpha value is -1.99. The van der Waals surface area contributed by atoms with E-state index in [1.165, 1.54) is 5.69 Å². The highest BCUT2D eigenvalue weighted by Crippen LogP contribution is 2.12. The molecule has 4 heteroatoms. The van der Waals surface area contributed by atoms with Crippen molar-refractivity contribution in [1.82, 2.24) is 10.6 Å². The van der Waals surface area contributed by atoms with Crippen LogP contribution in [0.2, 0.25) is 0 Å². The lowest BCUT2D eigenvalue weighted by Gasteiger charge is -2.23. The van der Waals surface area contributed by atoms with Gasteiger partial charge in [-0.3, -0.25) is 10.1 Å². The second kappa shape index (κ2) is 9.88. The molecule has 20 heavy (non-hydrogen) atoms. The summed E-state index contributed by atoms with van der Waals surface area (Å²) >= 11 is 0. The van der Waals surface area contributed by atoms with Gasteiger partial charge < -0.3 is 10.2 Å². The summed E-state index contributed by atoms with van der Waals surface area (Å²) in [5.41, 5.74) is 1.22. The predicted molar refractivity (Wildman–Crippen MR) is 83.7 cm³/mol. The molecule has 1 rings (SSSR count). The number of para-hydroxylation sites is 1. The number of carbonyl (C=O) groups is 1. The third-order valence-electron chi connectivity index (χ3n) is 2.94. The fourth-order valence-electron chi connectivity index (χ4n) is 1.92. The van der Waals surface area contributed by atoms with Gasteiger partial charge >= 0.3 is 0 Å². The van der Waals surface area contributed by atoms with Crippen LogP contribution in [0.3, 0.4) is 0 Å². The van der Waals surface area contributed by atoms with Crippen LogP contribution in [0.4, 0.5) is 5.69 Å². The zero-order valence-electron chi connectivity index (χ0n) is 12.1. The van der Waals surface area contributed by atoms with Crippen LogP contribution in [0.1, 0.15) is 13.3 Å². The Morgan fingerprint density at radius 1 is 1.35 bits per heavy atom. The molecule has 2 N–H and O–H groups in total. The maximum atomic E-state index is 11.4. The van der Waals surface area contributed by atoms with Gasteiger partial charge in [-0.15, -0.1) is 6.42 Å². The molecule has 0 atom stereocenters. The Labute approximate surface area is 121 Å². The van der Waals surface area contributed by atoms with E-state index in [0.29, 0.717) is 13.1 Å². The lowest BCUT2D eigenvalue weighted by Crippen LogP contribution is -2.35. The smallest absolute Gasteiger partial charge is 0.233 e. The van der Waals surface area contributed by atoms with Crippen LogP contribution in [-0.2, 0) is 4.79 Å². The number of hydrogen-bond acceptors (Lipinski definition) is 3. The summed E-state index contributed by atoms with van der Waals surface area (Å²) in [5, 5.41) is 5.74. The zero-order chi connectivity index (χ0) is 14.6. The lowest BCUT2D eigenvalue weighted by atomic mass is 10.2. The highest BCUT2D eigenvalue weighted by molar-refractivity contribution is 5.77. The first-order chi connectivity index (χ1) is 9.77. The van der Waals surface area contributed by atoms with Gasteiger partial charge in [0.2, 0.25) is 5.91 Å². The first-order valence-corrected chi connectivity index (χ1v) is 6.98. The summed E-state index contributed by atoms with van der Waals surface area (Å²) in [7, 11) is 0. The highest BCUT2D eigenvalue weighted by Gasteiger charge is 2.03. The van der Waals surface area contributed by atoms with E-state index in [9.17, 15) is 4.79 Å².